The molecule has 0 fully saturated rings. The van der Waals surface area contributed by atoms with Crippen molar-refractivity contribution in [3.63, 3.8) is 0 Å². The molecule has 0 unspecified atom stereocenters. The third-order valence-electron chi connectivity index (χ3n) is 2.57. The summed E-state index contributed by atoms with van der Waals surface area (Å²) in [4.78, 5) is 4.04. The first-order chi connectivity index (χ1) is 10.1. The standard InChI is InChI=1S/C14H13Cl2N3O2/c1-20-11-3-9(4-12(6-11)21-2)7-18-19-14-13(16)5-10(15)8-17-14/h3-8H,1-2H3,(H,17,19). The summed E-state index contributed by atoms with van der Waals surface area (Å²) < 4.78 is 10.4. The van der Waals surface area contributed by atoms with Crippen LogP contribution in [-0.4, -0.2) is 25.4 Å². The van der Waals surface area contributed by atoms with Gasteiger partial charge in [0, 0.05) is 17.8 Å². The molecular formula is C14H13Cl2N3O2. The summed E-state index contributed by atoms with van der Waals surface area (Å²) in [6.07, 6.45) is 3.09. The molecule has 1 aromatic carbocycles. The van der Waals surface area contributed by atoms with Gasteiger partial charge in [0.1, 0.15) is 11.5 Å². The lowest BCUT2D eigenvalue weighted by Gasteiger charge is -2.06. The fourth-order valence-electron chi connectivity index (χ4n) is 1.57. The molecule has 2 aromatic rings. The van der Waals surface area contributed by atoms with Crippen LogP contribution in [0, 0.1) is 0 Å². The van der Waals surface area contributed by atoms with Crippen molar-refractivity contribution in [3.05, 3.63) is 46.1 Å². The molecule has 0 aliphatic carbocycles. The molecule has 2 rings (SSSR count). The maximum atomic E-state index is 5.98. The molecule has 0 aliphatic heterocycles. The van der Waals surface area contributed by atoms with Crippen molar-refractivity contribution in [2.75, 3.05) is 19.6 Å². The Bertz CT molecular complexity index is 640. The van der Waals surface area contributed by atoms with E-state index in [9.17, 15) is 0 Å². The van der Waals surface area contributed by atoms with Crippen LogP contribution in [0.4, 0.5) is 5.82 Å². The molecule has 0 bridgehead atoms. The van der Waals surface area contributed by atoms with Gasteiger partial charge < -0.3 is 9.47 Å². The molecule has 1 N–H and O–H groups in total. The zero-order chi connectivity index (χ0) is 15.2. The van der Waals surface area contributed by atoms with E-state index in [0.717, 1.165) is 5.56 Å². The number of aromatic nitrogens is 1. The average molecular weight is 326 g/mol. The van der Waals surface area contributed by atoms with Gasteiger partial charge in [0.2, 0.25) is 0 Å². The summed E-state index contributed by atoms with van der Waals surface area (Å²) in [5.41, 5.74) is 3.56. The van der Waals surface area contributed by atoms with Crippen molar-refractivity contribution in [2.24, 2.45) is 5.10 Å². The van der Waals surface area contributed by atoms with E-state index in [2.05, 4.69) is 15.5 Å². The number of ether oxygens (including phenoxy) is 2. The minimum atomic E-state index is 0.392. The number of anilines is 1. The van der Waals surface area contributed by atoms with Crippen LogP contribution in [0.3, 0.4) is 0 Å². The predicted molar refractivity (Wildman–Crippen MR) is 85.0 cm³/mol. The Morgan fingerprint density at radius 1 is 1.10 bits per heavy atom. The number of methoxy groups -OCH3 is 2. The molecule has 0 amide bonds. The van der Waals surface area contributed by atoms with Crippen molar-refractivity contribution >= 4 is 35.2 Å². The Morgan fingerprint density at radius 3 is 2.33 bits per heavy atom. The van der Waals surface area contributed by atoms with E-state index < -0.39 is 0 Å². The van der Waals surface area contributed by atoms with Gasteiger partial charge in [-0.3, -0.25) is 5.43 Å². The van der Waals surface area contributed by atoms with E-state index in [1.54, 1.807) is 32.6 Å². The third-order valence-corrected chi connectivity index (χ3v) is 3.06. The van der Waals surface area contributed by atoms with Gasteiger partial charge in [-0.05, 0) is 18.2 Å². The second-order valence-corrected chi connectivity index (χ2v) is 4.84. The Labute approximate surface area is 132 Å². The third kappa shape index (κ3) is 4.24. The summed E-state index contributed by atoms with van der Waals surface area (Å²) in [6, 6.07) is 7.01. The molecular weight excluding hydrogens is 313 g/mol. The SMILES string of the molecule is COc1cc(C=NNc2ncc(Cl)cc2Cl)cc(OC)c1. The highest BCUT2D eigenvalue weighted by atomic mass is 35.5. The van der Waals surface area contributed by atoms with E-state index >= 15 is 0 Å². The van der Waals surface area contributed by atoms with Crippen molar-refractivity contribution < 1.29 is 9.47 Å². The topological polar surface area (TPSA) is 55.7 Å². The van der Waals surface area contributed by atoms with E-state index in [-0.39, 0.29) is 0 Å². The van der Waals surface area contributed by atoms with Crippen LogP contribution in [0.2, 0.25) is 10.0 Å². The van der Waals surface area contributed by atoms with Gasteiger partial charge in [-0.25, -0.2) is 4.98 Å². The molecule has 1 heterocycles. The number of hydrogen-bond acceptors (Lipinski definition) is 5. The van der Waals surface area contributed by atoms with E-state index in [1.807, 2.05) is 12.1 Å². The molecule has 5 nitrogen and oxygen atoms in total. The number of nitrogens with zero attached hydrogens (tertiary/aromatic N) is 2. The van der Waals surface area contributed by atoms with Gasteiger partial charge in [-0.15, -0.1) is 0 Å². The van der Waals surface area contributed by atoms with Crippen LogP contribution < -0.4 is 14.9 Å². The summed E-state index contributed by atoms with van der Waals surface area (Å²) in [7, 11) is 3.18. The van der Waals surface area contributed by atoms with Crippen LogP contribution in [-0.2, 0) is 0 Å². The first kappa shape index (κ1) is 15.4. The molecule has 110 valence electrons. The lowest BCUT2D eigenvalue weighted by molar-refractivity contribution is 0.394. The Kier molecular flexibility index (Phi) is 5.25. The number of benzene rings is 1. The molecule has 0 aliphatic rings. The Balaban J connectivity index is 2.14. The number of pyridine rings is 1. The monoisotopic (exact) mass is 325 g/mol. The van der Waals surface area contributed by atoms with Crippen molar-refractivity contribution in [1.82, 2.24) is 4.98 Å². The minimum absolute atomic E-state index is 0.392. The van der Waals surface area contributed by atoms with Crippen LogP contribution in [0.5, 0.6) is 11.5 Å². The highest BCUT2D eigenvalue weighted by molar-refractivity contribution is 6.35. The van der Waals surface area contributed by atoms with Crippen molar-refractivity contribution in [2.45, 2.75) is 0 Å². The van der Waals surface area contributed by atoms with Gasteiger partial charge in [-0.1, -0.05) is 23.2 Å². The van der Waals surface area contributed by atoms with Crippen LogP contribution >= 0.6 is 23.2 Å². The number of rotatable bonds is 5. The van der Waals surface area contributed by atoms with E-state index in [0.29, 0.717) is 27.4 Å². The zero-order valence-corrected chi connectivity index (χ0v) is 12.9. The van der Waals surface area contributed by atoms with Gasteiger partial charge in [0.05, 0.1) is 30.5 Å². The van der Waals surface area contributed by atoms with Crippen LogP contribution in [0.25, 0.3) is 0 Å². The maximum Gasteiger partial charge on any atom is 0.165 e. The van der Waals surface area contributed by atoms with E-state index in [4.69, 9.17) is 32.7 Å². The number of hydrogen-bond donors (Lipinski definition) is 1. The van der Waals surface area contributed by atoms with Crippen LogP contribution in [0.1, 0.15) is 5.56 Å². The molecule has 0 spiro atoms. The highest BCUT2D eigenvalue weighted by Gasteiger charge is 2.02. The molecule has 7 heteroatoms. The number of nitrogens with one attached hydrogen (secondary N) is 1. The number of halogens is 2. The quantitative estimate of drug-likeness (QED) is 0.670. The number of hydrazone groups is 1. The highest BCUT2D eigenvalue weighted by Crippen LogP contribution is 2.23. The summed E-state index contributed by atoms with van der Waals surface area (Å²) in [5.74, 6) is 1.78. The lowest BCUT2D eigenvalue weighted by Crippen LogP contribution is -1.95. The summed E-state index contributed by atoms with van der Waals surface area (Å²) in [6.45, 7) is 0. The minimum Gasteiger partial charge on any atom is -0.497 e. The van der Waals surface area contributed by atoms with Gasteiger partial charge in [0.15, 0.2) is 5.82 Å². The molecule has 1 aromatic heterocycles. The van der Waals surface area contributed by atoms with Gasteiger partial charge in [-0.2, -0.15) is 5.10 Å². The normalized spacial score (nSPS) is 10.7. The Morgan fingerprint density at radius 2 is 1.76 bits per heavy atom. The zero-order valence-electron chi connectivity index (χ0n) is 11.4. The van der Waals surface area contributed by atoms with Gasteiger partial charge >= 0.3 is 0 Å². The van der Waals surface area contributed by atoms with Crippen molar-refractivity contribution in [3.8, 4) is 11.5 Å². The average Bonchev–Trinajstić information content (AvgIpc) is 2.49. The maximum absolute atomic E-state index is 5.98. The van der Waals surface area contributed by atoms with Crippen molar-refractivity contribution in [1.29, 1.82) is 0 Å². The second-order valence-electron chi connectivity index (χ2n) is 4.00. The van der Waals surface area contributed by atoms with Gasteiger partial charge in [0.25, 0.3) is 0 Å². The fraction of sp³-hybridized carbons (Fsp3) is 0.143. The molecule has 0 saturated carbocycles. The van der Waals surface area contributed by atoms with Crippen LogP contribution in [0.15, 0.2) is 35.6 Å². The molecule has 0 radical (unpaired) electrons. The molecule has 21 heavy (non-hydrogen) atoms. The fourth-order valence-corrected chi connectivity index (χ4v) is 1.99. The first-order valence-electron chi connectivity index (χ1n) is 5.95. The second kappa shape index (κ2) is 7.15. The largest absolute Gasteiger partial charge is 0.497 e. The summed E-state index contributed by atoms with van der Waals surface area (Å²) in [5, 5.41) is 4.93. The summed E-state index contributed by atoms with van der Waals surface area (Å²) >= 11 is 11.8. The Hall–Kier alpha value is -1.98. The van der Waals surface area contributed by atoms with E-state index in [1.165, 1.54) is 6.20 Å². The molecule has 0 atom stereocenters. The first-order valence-corrected chi connectivity index (χ1v) is 6.71. The predicted octanol–water partition coefficient (Wildman–Crippen LogP) is 3.85. The lowest BCUT2D eigenvalue weighted by atomic mass is 10.2. The molecule has 0 saturated heterocycles. The smallest absolute Gasteiger partial charge is 0.165 e.